The maximum atomic E-state index is 12.7. The summed E-state index contributed by atoms with van der Waals surface area (Å²) in [6, 6.07) is 25.8. The van der Waals surface area contributed by atoms with Crippen molar-refractivity contribution in [2.75, 3.05) is 12.4 Å². The molecule has 0 aliphatic heterocycles. The largest absolute Gasteiger partial charge is 0.367 e. The lowest BCUT2D eigenvalue weighted by Gasteiger charge is -2.17. The summed E-state index contributed by atoms with van der Waals surface area (Å²) in [6.45, 7) is 0.409. The van der Waals surface area contributed by atoms with Gasteiger partial charge >= 0.3 is 0 Å². The first-order chi connectivity index (χ1) is 13.7. The van der Waals surface area contributed by atoms with Crippen molar-refractivity contribution < 1.29 is 14.3 Å². The fourth-order valence-electron chi connectivity index (χ4n) is 2.88. The van der Waals surface area contributed by atoms with E-state index >= 15 is 0 Å². The minimum Gasteiger partial charge on any atom is -0.367 e. The predicted octanol–water partition coefficient (Wildman–Crippen LogP) is 3.94. The third kappa shape index (κ3) is 4.84. The molecular formula is C23H22N2O3. The number of benzene rings is 3. The van der Waals surface area contributed by atoms with Gasteiger partial charge in [0, 0.05) is 13.7 Å². The van der Waals surface area contributed by atoms with Crippen molar-refractivity contribution in [2.45, 2.75) is 12.6 Å². The zero-order valence-electron chi connectivity index (χ0n) is 15.6. The molecule has 5 heteroatoms. The minimum atomic E-state index is -0.762. The first-order valence-electron chi connectivity index (χ1n) is 8.99. The molecule has 3 aromatic carbocycles. The van der Waals surface area contributed by atoms with Crippen LogP contribution in [0, 0.1) is 0 Å². The van der Waals surface area contributed by atoms with E-state index in [1.807, 2.05) is 60.7 Å². The van der Waals surface area contributed by atoms with Crippen molar-refractivity contribution in [2.24, 2.45) is 0 Å². The van der Waals surface area contributed by atoms with Crippen LogP contribution >= 0.6 is 0 Å². The quantitative estimate of drug-likeness (QED) is 0.658. The van der Waals surface area contributed by atoms with E-state index in [-0.39, 0.29) is 11.8 Å². The molecule has 3 rings (SSSR count). The molecule has 2 amide bonds. The van der Waals surface area contributed by atoms with Gasteiger partial charge in [-0.15, -0.1) is 0 Å². The Bertz CT molecular complexity index is 927. The summed E-state index contributed by atoms with van der Waals surface area (Å²) in [7, 11) is 1.48. The SMILES string of the molecule is CO[C@H](C(=O)Nc1ccccc1C(=O)NCc1ccccc1)c1ccccc1. The molecule has 0 radical (unpaired) electrons. The highest BCUT2D eigenvalue weighted by molar-refractivity contribution is 6.04. The second-order valence-electron chi connectivity index (χ2n) is 6.23. The van der Waals surface area contributed by atoms with Crippen molar-refractivity contribution in [1.29, 1.82) is 0 Å². The number of anilines is 1. The zero-order chi connectivity index (χ0) is 19.8. The van der Waals surface area contributed by atoms with Gasteiger partial charge in [0.1, 0.15) is 0 Å². The highest BCUT2D eigenvalue weighted by atomic mass is 16.5. The van der Waals surface area contributed by atoms with Crippen LogP contribution in [0.3, 0.4) is 0 Å². The molecule has 0 saturated heterocycles. The van der Waals surface area contributed by atoms with Gasteiger partial charge in [0.25, 0.3) is 11.8 Å². The van der Waals surface area contributed by atoms with Crippen molar-refractivity contribution in [1.82, 2.24) is 5.32 Å². The Morgan fingerprint density at radius 1 is 0.857 bits per heavy atom. The predicted molar refractivity (Wildman–Crippen MR) is 109 cm³/mol. The Labute approximate surface area is 164 Å². The van der Waals surface area contributed by atoms with E-state index in [4.69, 9.17) is 4.74 Å². The minimum absolute atomic E-state index is 0.256. The average molecular weight is 374 g/mol. The molecule has 0 aliphatic carbocycles. The number of rotatable bonds is 7. The topological polar surface area (TPSA) is 67.4 Å². The summed E-state index contributed by atoms with van der Waals surface area (Å²) in [4.78, 5) is 25.4. The second-order valence-corrected chi connectivity index (χ2v) is 6.23. The summed E-state index contributed by atoms with van der Waals surface area (Å²) in [5.74, 6) is -0.592. The normalized spacial score (nSPS) is 11.5. The standard InChI is InChI=1S/C23H22N2O3/c1-28-21(18-12-6-3-7-13-18)23(27)25-20-15-9-8-14-19(20)22(26)24-16-17-10-4-2-5-11-17/h2-15,21H,16H2,1H3,(H,24,26)(H,25,27)/t21-/m0/s1. The number of ether oxygens (including phenoxy) is 1. The van der Waals surface area contributed by atoms with Crippen LogP contribution in [0.25, 0.3) is 0 Å². The number of amides is 2. The van der Waals surface area contributed by atoms with E-state index in [1.165, 1.54) is 7.11 Å². The van der Waals surface area contributed by atoms with Crippen LogP contribution < -0.4 is 10.6 Å². The first kappa shape index (κ1) is 19.3. The van der Waals surface area contributed by atoms with Crippen LogP contribution in [-0.2, 0) is 16.1 Å². The molecule has 0 heterocycles. The van der Waals surface area contributed by atoms with E-state index in [9.17, 15) is 9.59 Å². The smallest absolute Gasteiger partial charge is 0.258 e. The Kier molecular flexibility index (Phi) is 6.54. The molecule has 0 bridgehead atoms. The molecule has 5 nitrogen and oxygen atoms in total. The van der Waals surface area contributed by atoms with Gasteiger partial charge in [-0.2, -0.15) is 0 Å². The number of nitrogens with one attached hydrogen (secondary N) is 2. The molecule has 0 unspecified atom stereocenters. The van der Waals surface area contributed by atoms with Crippen LogP contribution in [-0.4, -0.2) is 18.9 Å². The molecule has 0 aromatic heterocycles. The van der Waals surface area contributed by atoms with Gasteiger partial charge in [-0.05, 0) is 23.3 Å². The van der Waals surface area contributed by atoms with Gasteiger partial charge in [-0.1, -0.05) is 72.8 Å². The molecule has 2 N–H and O–H groups in total. The van der Waals surface area contributed by atoms with Crippen LogP contribution in [0.15, 0.2) is 84.9 Å². The number of carbonyl (C=O) groups is 2. The summed E-state index contributed by atoms with van der Waals surface area (Å²) >= 11 is 0. The molecule has 0 aliphatic rings. The summed E-state index contributed by atoms with van der Waals surface area (Å²) in [5, 5.41) is 5.70. The van der Waals surface area contributed by atoms with E-state index in [1.54, 1.807) is 24.3 Å². The van der Waals surface area contributed by atoms with Gasteiger partial charge in [0.2, 0.25) is 0 Å². The highest BCUT2D eigenvalue weighted by Crippen LogP contribution is 2.21. The fourth-order valence-corrected chi connectivity index (χ4v) is 2.88. The van der Waals surface area contributed by atoms with Gasteiger partial charge in [-0.25, -0.2) is 0 Å². The van der Waals surface area contributed by atoms with Crippen molar-refractivity contribution >= 4 is 17.5 Å². The molecule has 0 fully saturated rings. The molecule has 0 saturated carbocycles. The molecule has 0 spiro atoms. The number of hydrogen-bond acceptors (Lipinski definition) is 3. The van der Waals surface area contributed by atoms with E-state index in [2.05, 4.69) is 10.6 Å². The Balaban J connectivity index is 1.72. The van der Waals surface area contributed by atoms with Gasteiger partial charge in [0.05, 0.1) is 11.3 Å². The van der Waals surface area contributed by atoms with Crippen molar-refractivity contribution in [3.8, 4) is 0 Å². The van der Waals surface area contributed by atoms with Crippen LogP contribution in [0.2, 0.25) is 0 Å². The molecule has 1 atom stereocenters. The molecule has 28 heavy (non-hydrogen) atoms. The summed E-state index contributed by atoms with van der Waals surface area (Å²) < 4.78 is 5.36. The van der Waals surface area contributed by atoms with Crippen LogP contribution in [0.5, 0.6) is 0 Å². The highest BCUT2D eigenvalue weighted by Gasteiger charge is 2.21. The van der Waals surface area contributed by atoms with E-state index in [0.29, 0.717) is 17.8 Å². The maximum Gasteiger partial charge on any atom is 0.258 e. The molecule has 3 aromatic rings. The number of methoxy groups -OCH3 is 1. The Hall–Kier alpha value is -3.44. The lowest BCUT2D eigenvalue weighted by Crippen LogP contribution is -2.27. The van der Waals surface area contributed by atoms with Gasteiger partial charge in [0.15, 0.2) is 6.10 Å². The number of hydrogen-bond donors (Lipinski definition) is 2. The Morgan fingerprint density at radius 2 is 1.46 bits per heavy atom. The van der Waals surface area contributed by atoms with Gasteiger partial charge < -0.3 is 15.4 Å². The average Bonchev–Trinajstić information content (AvgIpc) is 2.74. The summed E-state index contributed by atoms with van der Waals surface area (Å²) in [6.07, 6.45) is -0.762. The van der Waals surface area contributed by atoms with Crippen LogP contribution in [0.1, 0.15) is 27.6 Å². The molecular weight excluding hydrogens is 352 g/mol. The fraction of sp³-hybridized carbons (Fsp3) is 0.130. The lowest BCUT2D eigenvalue weighted by molar-refractivity contribution is -0.126. The van der Waals surface area contributed by atoms with Gasteiger partial charge in [-0.3, -0.25) is 9.59 Å². The lowest BCUT2D eigenvalue weighted by atomic mass is 10.1. The van der Waals surface area contributed by atoms with Crippen molar-refractivity contribution in [3.63, 3.8) is 0 Å². The monoisotopic (exact) mass is 374 g/mol. The maximum absolute atomic E-state index is 12.7. The molecule has 142 valence electrons. The number of para-hydroxylation sites is 1. The Morgan fingerprint density at radius 3 is 2.14 bits per heavy atom. The van der Waals surface area contributed by atoms with Crippen molar-refractivity contribution in [3.05, 3.63) is 102 Å². The third-order valence-corrected chi connectivity index (χ3v) is 4.30. The zero-order valence-corrected chi connectivity index (χ0v) is 15.6. The third-order valence-electron chi connectivity index (χ3n) is 4.30. The second kappa shape index (κ2) is 9.48. The first-order valence-corrected chi connectivity index (χ1v) is 8.99. The van der Waals surface area contributed by atoms with E-state index in [0.717, 1.165) is 11.1 Å². The van der Waals surface area contributed by atoms with E-state index < -0.39 is 6.10 Å². The summed E-state index contributed by atoms with van der Waals surface area (Å²) in [5.41, 5.74) is 2.58. The van der Waals surface area contributed by atoms with Crippen LogP contribution in [0.4, 0.5) is 5.69 Å². The number of carbonyl (C=O) groups excluding carboxylic acids is 2.